The number of carboxylic acid groups (broad SMARTS) is 1. The molecule has 3 heterocycles. The van der Waals surface area contributed by atoms with Gasteiger partial charge < -0.3 is 19.7 Å². The van der Waals surface area contributed by atoms with E-state index in [1.165, 1.54) is 30.3 Å². The van der Waals surface area contributed by atoms with Crippen LogP contribution in [0.3, 0.4) is 0 Å². The van der Waals surface area contributed by atoms with Crippen LogP contribution in [0, 0.1) is 18.8 Å². The monoisotopic (exact) mass is 421 g/mol. The van der Waals surface area contributed by atoms with Crippen molar-refractivity contribution in [2.24, 2.45) is 11.8 Å². The zero-order valence-corrected chi connectivity index (χ0v) is 16.2. The molecule has 4 unspecified atom stereocenters. The molecular weight excluding hydrogens is 402 g/mol. The normalized spacial score (nSPS) is 25.7. The van der Waals surface area contributed by atoms with Crippen molar-refractivity contribution < 1.29 is 32.4 Å². The number of ether oxygens (including phenoxy) is 1. The molecule has 10 nitrogen and oxygen atoms in total. The molecule has 4 rings (SSSR count). The number of hydrogen-bond acceptors (Lipinski definition) is 7. The fourth-order valence-corrected chi connectivity index (χ4v) is 4.86. The lowest BCUT2D eigenvalue weighted by molar-refractivity contribution is -0.147. The van der Waals surface area contributed by atoms with Gasteiger partial charge in [0.25, 0.3) is 10.0 Å². The van der Waals surface area contributed by atoms with Crippen molar-refractivity contribution in [3.05, 3.63) is 36.1 Å². The average molecular weight is 421 g/mol. The molecule has 0 radical (unpaired) electrons. The van der Waals surface area contributed by atoms with Gasteiger partial charge in [0.1, 0.15) is 5.76 Å². The number of nitrogens with zero attached hydrogens (tertiary/aromatic N) is 1. The van der Waals surface area contributed by atoms with Gasteiger partial charge in [-0.25, -0.2) is 8.42 Å². The number of anilines is 2. The van der Waals surface area contributed by atoms with Crippen LogP contribution in [0.5, 0.6) is 0 Å². The van der Waals surface area contributed by atoms with Crippen LogP contribution in [0.25, 0.3) is 0 Å². The number of nitrogens with one attached hydrogen (secondary N) is 2. The molecule has 29 heavy (non-hydrogen) atoms. The van der Waals surface area contributed by atoms with Gasteiger partial charge in [-0.15, -0.1) is 0 Å². The predicted octanol–water partition coefficient (Wildman–Crippen LogP) is 1.60. The minimum Gasteiger partial charge on any atom is -0.481 e. The second kappa shape index (κ2) is 7.16. The van der Waals surface area contributed by atoms with Gasteiger partial charge in [0.15, 0.2) is 5.82 Å². The average Bonchev–Trinajstić information content (AvgIpc) is 3.37. The fourth-order valence-electron chi connectivity index (χ4n) is 3.88. The SMILES string of the molecule is Cc1cc(NS(=O)(=O)c2ccc(NC(=O)C3C4CCC(O4)C3C(=O)O)cc2)no1. The van der Waals surface area contributed by atoms with Crippen molar-refractivity contribution in [3.63, 3.8) is 0 Å². The number of aromatic nitrogens is 1. The Bertz CT molecular complexity index is 1050. The molecule has 11 heteroatoms. The van der Waals surface area contributed by atoms with E-state index in [0.29, 0.717) is 24.3 Å². The van der Waals surface area contributed by atoms with E-state index in [4.69, 9.17) is 9.26 Å². The number of carboxylic acids is 1. The van der Waals surface area contributed by atoms with Crippen LogP contribution >= 0.6 is 0 Å². The van der Waals surface area contributed by atoms with Crippen LogP contribution in [-0.4, -0.2) is 42.8 Å². The van der Waals surface area contributed by atoms with Crippen molar-refractivity contribution in [1.29, 1.82) is 0 Å². The number of hydrogen-bond donors (Lipinski definition) is 3. The number of aryl methyl sites for hydroxylation is 1. The van der Waals surface area contributed by atoms with Gasteiger partial charge >= 0.3 is 5.97 Å². The van der Waals surface area contributed by atoms with E-state index in [9.17, 15) is 23.1 Å². The number of carbonyl (C=O) groups excluding carboxylic acids is 1. The Morgan fingerprint density at radius 2 is 1.79 bits per heavy atom. The molecule has 1 amide bonds. The quantitative estimate of drug-likeness (QED) is 0.637. The zero-order valence-electron chi connectivity index (χ0n) is 15.4. The molecule has 1 aromatic heterocycles. The summed E-state index contributed by atoms with van der Waals surface area (Å²) in [6.07, 6.45) is 0.440. The number of aliphatic carboxylic acids is 1. The van der Waals surface area contributed by atoms with Gasteiger partial charge in [0.2, 0.25) is 5.91 Å². The number of carbonyl (C=O) groups is 2. The molecule has 1 aromatic carbocycles. The highest BCUT2D eigenvalue weighted by molar-refractivity contribution is 7.92. The lowest BCUT2D eigenvalue weighted by Crippen LogP contribution is -2.40. The Labute approximate surface area is 166 Å². The van der Waals surface area contributed by atoms with Crippen LogP contribution in [-0.2, 0) is 24.3 Å². The third kappa shape index (κ3) is 3.70. The summed E-state index contributed by atoms with van der Waals surface area (Å²) < 4.78 is 37.5. The van der Waals surface area contributed by atoms with E-state index in [-0.39, 0.29) is 10.7 Å². The summed E-state index contributed by atoms with van der Waals surface area (Å²) in [5, 5.41) is 15.7. The van der Waals surface area contributed by atoms with E-state index in [1.54, 1.807) is 6.92 Å². The number of rotatable bonds is 6. The molecule has 2 saturated heterocycles. The fraction of sp³-hybridized carbons (Fsp3) is 0.389. The van der Waals surface area contributed by atoms with Crippen molar-refractivity contribution in [2.75, 3.05) is 10.0 Å². The van der Waals surface area contributed by atoms with E-state index in [1.807, 2.05) is 0 Å². The predicted molar refractivity (Wildman–Crippen MR) is 99.6 cm³/mol. The maximum absolute atomic E-state index is 12.6. The summed E-state index contributed by atoms with van der Waals surface area (Å²) in [4.78, 5) is 24.1. The van der Waals surface area contributed by atoms with Gasteiger partial charge in [0, 0.05) is 11.8 Å². The zero-order chi connectivity index (χ0) is 20.8. The first-order valence-electron chi connectivity index (χ1n) is 9.00. The first-order valence-corrected chi connectivity index (χ1v) is 10.5. The molecule has 2 bridgehead atoms. The van der Waals surface area contributed by atoms with Crippen LogP contribution in [0.4, 0.5) is 11.5 Å². The first kappa shape index (κ1) is 19.4. The molecule has 0 spiro atoms. The smallest absolute Gasteiger partial charge is 0.310 e. The van der Waals surface area contributed by atoms with Crippen molar-refractivity contribution in [2.45, 2.75) is 36.9 Å². The van der Waals surface area contributed by atoms with Crippen molar-refractivity contribution in [1.82, 2.24) is 5.16 Å². The minimum atomic E-state index is -3.87. The molecule has 2 aromatic rings. The van der Waals surface area contributed by atoms with Gasteiger partial charge in [0.05, 0.1) is 28.9 Å². The van der Waals surface area contributed by atoms with Gasteiger partial charge in [-0.3, -0.25) is 14.3 Å². The summed E-state index contributed by atoms with van der Waals surface area (Å²) in [6.45, 7) is 1.64. The highest BCUT2D eigenvalue weighted by Gasteiger charge is 2.55. The van der Waals surface area contributed by atoms with E-state index < -0.39 is 45.9 Å². The second-order valence-electron chi connectivity index (χ2n) is 7.12. The number of amides is 1. The Morgan fingerprint density at radius 3 is 2.38 bits per heavy atom. The number of benzene rings is 1. The van der Waals surface area contributed by atoms with E-state index in [0.717, 1.165) is 0 Å². The van der Waals surface area contributed by atoms with Crippen molar-refractivity contribution in [3.8, 4) is 0 Å². The first-order chi connectivity index (χ1) is 13.7. The molecule has 2 aliphatic rings. The summed E-state index contributed by atoms with van der Waals surface area (Å²) in [5.41, 5.74) is 0.359. The van der Waals surface area contributed by atoms with Gasteiger partial charge in [-0.1, -0.05) is 5.16 Å². The van der Waals surface area contributed by atoms with E-state index >= 15 is 0 Å². The largest absolute Gasteiger partial charge is 0.481 e. The van der Waals surface area contributed by atoms with Gasteiger partial charge in [-0.05, 0) is 44.0 Å². The lowest BCUT2D eigenvalue weighted by Gasteiger charge is -2.23. The summed E-state index contributed by atoms with van der Waals surface area (Å²) in [6, 6.07) is 6.98. The molecular formula is C18H19N3O7S. The maximum Gasteiger partial charge on any atom is 0.310 e. The topological polar surface area (TPSA) is 148 Å². The molecule has 2 aliphatic heterocycles. The van der Waals surface area contributed by atoms with Crippen LogP contribution < -0.4 is 10.0 Å². The highest BCUT2D eigenvalue weighted by atomic mass is 32.2. The number of sulfonamides is 1. The summed E-state index contributed by atoms with van der Waals surface area (Å²) in [7, 11) is -3.87. The standard InChI is InChI=1S/C18H19N3O7S/c1-9-8-14(20-28-9)21-29(25,26)11-4-2-10(3-5-11)19-17(22)15-12-6-7-13(27-12)16(15)18(23)24/h2-5,8,12-13,15-16H,6-7H2,1H3,(H,19,22)(H,20,21)(H,23,24). The molecule has 4 atom stereocenters. The Morgan fingerprint density at radius 1 is 1.14 bits per heavy atom. The van der Waals surface area contributed by atoms with Crippen LogP contribution in [0.1, 0.15) is 18.6 Å². The van der Waals surface area contributed by atoms with Crippen molar-refractivity contribution >= 4 is 33.4 Å². The van der Waals surface area contributed by atoms with Crippen LogP contribution in [0.2, 0.25) is 0 Å². The third-order valence-corrected chi connectivity index (χ3v) is 6.53. The Balaban J connectivity index is 1.45. The Hall–Kier alpha value is -2.92. The minimum absolute atomic E-state index is 0.0252. The van der Waals surface area contributed by atoms with Gasteiger partial charge in [-0.2, -0.15) is 0 Å². The van der Waals surface area contributed by atoms with E-state index in [2.05, 4.69) is 15.2 Å². The summed E-state index contributed by atoms with van der Waals surface area (Å²) >= 11 is 0. The highest BCUT2D eigenvalue weighted by Crippen LogP contribution is 2.44. The maximum atomic E-state index is 12.6. The molecule has 3 N–H and O–H groups in total. The molecule has 0 saturated carbocycles. The summed E-state index contributed by atoms with van der Waals surface area (Å²) in [5.74, 6) is -2.61. The second-order valence-corrected chi connectivity index (χ2v) is 8.80. The number of fused-ring (bicyclic) bond motifs is 2. The molecule has 154 valence electrons. The van der Waals surface area contributed by atoms with Crippen LogP contribution in [0.15, 0.2) is 39.8 Å². The lowest BCUT2D eigenvalue weighted by atomic mass is 9.78. The third-order valence-electron chi connectivity index (χ3n) is 5.16. The molecule has 2 fully saturated rings. The Kier molecular flexibility index (Phi) is 4.79. The molecule has 0 aliphatic carbocycles.